The fourth-order valence-corrected chi connectivity index (χ4v) is 3.12. The van der Waals surface area contributed by atoms with Gasteiger partial charge in [0.25, 0.3) is 5.91 Å². The normalized spacial score (nSPS) is 13.9. The van der Waals surface area contributed by atoms with Crippen LogP contribution >= 0.6 is 11.6 Å². The zero-order valence-electron chi connectivity index (χ0n) is 12.7. The first-order valence-electron chi connectivity index (χ1n) is 7.59. The van der Waals surface area contributed by atoms with Crippen LogP contribution in [0.5, 0.6) is 0 Å². The number of pyridine rings is 1. The molecule has 120 valence electrons. The van der Waals surface area contributed by atoms with Crippen molar-refractivity contribution in [1.29, 1.82) is 0 Å². The summed E-state index contributed by atoms with van der Waals surface area (Å²) in [6.45, 7) is 0. The van der Waals surface area contributed by atoms with E-state index in [4.69, 9.17) is 11.6 Å². The Labute approximate surface area is 143 Å². The molecule has 0 aliphatic heterocycles. The number of carbonyl (C=O) groups is 1. The van der Waals surface area contributed by atoms with Crippen LogP contribution in [0.1, 0.15) is 17.8 Å². The van der Waals surface area contributed by atoms with E-state index in [2.05, 4.69) is 10.3 Å². The minimum absolute atomic E-state index is 0.0606. The first kappa shape index (κ1) is 14.8. The van der Waals surface area contributed by atoms with E-state index in [1.807, 2.05) is 28.8 Å². The molecule has 0 unspecified atom stereocenters. The second kappa shape index (κ2) is 5.69. The first-order chi connectivity index (χ1) is 11.6. The van der Waals surface area contributed by atoms with E-state index in [0.29, 0.717) is 34.9 Å². The molecule has 1 aliphatic carbocycles. The fraction of sp³-hybridized carbons (Fsp3) is 0.111. The lowest BCUT2D eigenvalue weighted by molar-refractivity contribution is -0.111. The van der Waals surface area contributed by atoms with Gasteiger partial charge in [0.05, 0.1) is 5.69 Å². The number of aliphatic hydroxyl groups is 1. The molecule has 0 bridgehead atoms. The average Bonchev–Trinajstić information content (AvgIpc) is 2.92. The monoisotopic (exact) mass is 339 g/mol. The van der Waals surface area contributed by atoms with Crippen LogP contribution in [0.4, 0.5) is 5.69 Å². The van der Waals surface area contributed by atoms with Gasteiger partial charge in [-0.3, -0.25) is 4.79 Å². The molecule has 24 heavy (non-hydrogen) atoms. The number of nitrogens with one attached hydrogen (secondary N) is 1. The number of nitrogens with zero attached hydrogens (tertiary/aromatic N) is 2. The number of imidazole rings is 1. The molecule has 0 saturated heterocycles. The quantitative estimate of drug-likeness (QED) is 0.745. The smallest absolute Gasteiger partial charge is 0.261 e. The summed E-state index contributed by atoms with van der Waals surface area (Å²) in [7, 11) is 0. The Hall–Kier alpha value is -2.79. The van der Waals surface area contributed by atoms with Crippen molar-refractivity contribution in [2.75, 3.05) is 5.32 Å². The highest BCUT2D eigenvalue weighted by atomic mass is 35.5. The van der Waals surface area contributed by atoms with Gasteiger partial charge in [-0.25, -0.2) is 4.98 Å². The summed E-state index contributed by atoms with van der Waals surface area (Å²) in [5.41, 5.74) is 2.96. The number of anilines is 1. The third kappa shape index (κ3) is 2.43. The fourth-order valence-electron chi connectivity index (χ4n) is 2.96. The predicted molar refractivity (Wildman–Crippen MR) is 93.1 cm³/mol. The Morgan fingerprint density at radius 1 is 1.21 bits per heavy atom. The van der Waals surface area contributed by atoms with E-state index in [9.17, 15) is 9.90 Å². The van der Waals surface area contributed by atoms with Gasteiger partial charge in [0, 0.05) is 29.4 Å². The number of allylic oxidation sites excluding steroid dienone is 1. The molecule has 0 spiro atoms. The molecule has 0 radical (unpaired) electrons. The second-order valence-electron chi connectivity index (χ2n) is 5.62. The van der Waals surface area contributed by atoms with Crippen LogP contribution in [0.3, 0.4) is 0 Å². The minimum Gasteiger partial charge on any atom is -0.511 e. The number of hydrogen-bond donors (Lipinski definition) is 2. The van der Waals surface area contributed by atoms with E-state index in [1.54, 1.807) is 24.3 Å². The molecule has 1 amide bonds. The molecule has 4 rings (SSSR count). The van der Waals surface area contributed by atoms with Crippen LogP contribution in [0, 0.1) is 0 Å². The van der Waals surface area contributed by atoms with Crippen LogP contribution in [0.25, 0.3) is 11.2 Å². The highest BCUT2D eigenvalue weighted by Crippen LogP contribution is 2.32. The standard InChI is InChI=1S/C18H14ClN3O2/c19-11-8-9-22-13-6-7-14(23)16(17(13)21-15(22)10-11)18(24)20-12-4-2-1-3-5-12/h1-5,8-10,23H,6-7H2,(H,20,24). The van der Waals surface area contributed by atoms with E-state index in [1.165, 1.54) is 0 Å². The molecule has 1 aliphatic rings. The van der Waals surface area contributed by atoms with Crippen molar-refractivity contribution in [3.05, 3.63) is 70.8 Å². The van der Waals surface area contributed by atoms with Crippen LogP contribution in [0.15, 0.2) is 54.4 Å². The van der Waals surface area contributed by atoms with Crippen molar-refractivity contribution in [3.8, 4) is 0 Å². The summed E-state index contributed by atoms with van der Waals surface area (Å²) in [5, 5.41) is 13.7. The number of para-hydroxylation sites is 1. The van der Waals surface area contributed by atoms with Gasteiger partial charge in [-0.15, -0.1) is 0 Å². The van der Waals surface area contributed by atoms with Crippen molar-refractivity contribution in [2.24, 2.45) is 0 Å². The van der Waals surface area contributed by atoms with Crippen LogP contribution < -0.4 is 5.32 Å². The molecule has 0 fully saturated rings. The lowest BCUT2D eigenvalue weighted by Gasteiger charge is -2.16. The van der Waals surface area contributed by atoms with Crippen molar-refractivity contribution in [2.45, 2.75) is 12.8 Å². The van der Waals surface area contributed by atoms with Crippen molar-refractivity contribution >= 4 is 34.4 Å². The number of halogens is 1. The molecule has 3 aromatic rings. The number of carbonyl (C=O) groups excluding carboxylic acids is 1. The second-order valence-corrected chi connectivity index (χ2v) is 6.06. The van der Waals surface area contributed by atoms with Crippen molar-refractivity contribution < 1.29 is 9.90 Å². The minimum atomic E-state index is -0.367. The molecular weight excluding hydrogens is 326 g/mol. The Balaban J connectivity index is 1.78. The molecule has 2 aromatic heterocycles. The number of aryl methyl sites for hydroxylation is 1. The molecule has 6 heteroatoms. The highest BCUT2D eigenvalue weighted by molar-refractivity contribution is 6.31. The summed E-state index contributed by atoms with van der Waals surface area (Å²) in [4.78, 5) is 17.2. The van der Waals surface area contributed by atoms with E-state index >= 15 is 0 Å². The third-order valence-electron chi connectivity index (χ3n) is 4.07. The summed E-state index contributed by atoms with van der Waals surface area (Å²) < 4.78 is 1.91. The Kier molecular flexibility index (Phi) is 3.50. The Bertz CT molecular complexity index is 977. The predicted octanol–water partition coefficient (Wildman–Crippen LogP) is 3.84. The van der Waals surface area contributed by atoms with Crippen molar-refractivity contribution in [1.82, 2.24) is 9.38 Å². The van der Waals surface area contributed by atoms with Gasteiger partial charge in [-0.05, 0) is 24.6 Å². The maximum atomic E-state index is 12.7. The van der Waals surface area contributed by atoms with E-state index in [0.717, 1.165) is 5.69 Å². The molecule has 1 aromatic carbocycles. The first-order valence-corrected chi connectivity index (χ1v) is 7.96. The summed E-state index contributed by atoms with van der Waals surface area (Å²) in [6.07, 6.45) is 2.85. The third-order valence-corrected chi connectivity index (χ3v) is 4.30. The van der Waals surface area contributed by atoms with Gasteiger partial charge in [0.2, 0.25) is 0 Å². The molecule has 0 saturated carbocycles. The van der Waals surface area contributed by atoms with Gasteiger partial charge >= 0.3 is 0 Å². The Morgan fingerprint density at radius 2 is 2.00 bits per heavy atom. The largest absolute Gasteiger partial charge is 0.511 e. The van der Waals surface area contributed by atoms with Gasteiger partial charge in [0.15, 0.2) is 0 Å². The van der Waals surface area contributed by atoms with E-state index in [-0.39, 0.29) is 17.2 Å². The van der Waals surface area contributed by atoms with Gasteiger partial charge in [0.1, 0.15) is 22.7 Å². The Morgan fingerprint density at radius 3 is 2.79 bits per heavy atom. The molecule has 2 heterocycles. The SMILES string of the molecule is O=C(Nc1ccccc1)C1=C(O)CCc2c1nc1cc(Cl)ccn21. The van der Waals surface area contributed by atoms with Crippen LogP contribution in [-0.4, -0.2) is 20.4 Å². The van der Waals surface area contributed by atoms with Gasteiger partial charge < -0.3 is 14.8 Å². The molecular formula is C18H14ClN3O2. The van der Waals surface area contributed by atoms with Crippen LogP contribution in [0.2, 0.25) is 5.02 Å². The summed E-state index contributed by atoms with van der Waals surface area (Å²) in [6, 6.07) is 12.6. The number of rotatable bonds is 2. The molecule has 2 N–H and O–H groups in total. The molecule has 0 atom stereocenters. The number of fused-ring (bicyclic) bond motifs is 3. The lowest BCUT2D eigenvalue weighted by atomic mass is 9.97. The number of aliphatic hydroxyl groups excluding tert-OH is 1. The maximum absolute atomic E-state index is 12.7. The number of hydrogen-bond acceptors (Lipinski definition) is 3. The van der Waals surface area contributed by atoms with Crippen molar-refractivity contribution in [3.63, 3.8) is 0 Å². The topological polar surface area (TPSA) is 66.6 Å². The number of amides is 1. The zero-order chi connectivity index (χ0) is 16.7. The maximum Gasteiger partial charge on any atom is 0.261 e. The number of benzene rings is 1. The van der Waals surface area contributed by atoms with Crippen LogP contribution in [-0.2, 0) is 11.2 Å². The van der Waals surface area contributed by atoms with E-state index < -0.39 is 0 Å². The van der Waals surface area contributed by atoms with Gasteiger partial charge in [-0.2, -0.15) is 0 Å². The lowest BCUT2D eigenvalue weighted by Crippen LogP contribution is -2.19. The zero-order valence-corrected chi connectivity index (χ0v) is 13.4. The number of aromatic nitrogens is 2. The molecule has 5 nitrogen and oxygen atoms in total. The average molecular weight is 340 g/mol. The van der Waals surface area contributed by atoms with Gasteiger partial charge in [-0.1, -0.05) is 29.8 Å². The highest BCUT2D eigenvalue weighted by Gasteiger charge is 2.28. The summed E-state index contributed by atoms with van der Waals surface area (Å²) >= 11 is 6.02. The summed E-state index contributed by atoms with van der Waals surface area (Å²) in [5.74, 6) is -0.306.